The molecule has 2 heterocycles. The number of hydrogen-bond donors (Lipinski definition) is 2. The lowest BCUT2D eigenvalue weighted by Gasteiger charge is -2.20. The minimum absolute atomic E-state index is 0.0703. The van der Waals surface area contributed by atoms with Crippen LogP contribution in [0.4, 0.5) is 0 Å². The summed E-state index contributed by atoms with van der Waals surface area (Å²) in [4.78, 5) is 39.5. The fourth-order valence-corrected chi connectivity index (χ4v) is 4.43. The average molecular weight is 409 g/mol. The number of aromatic nitrogens is 1. The van der Waals surface area contributed by atoms with Crippen LogP contribution in [0.5, 0.6) is 0 Å². The van der Waals surface area contributed by atoms with Crippen molar-refractivity contribution in [1.82, 2.24) is 14.6 Å². The maximum atomic E-state index is 12.9. The van der Waals surface area contributed by atoms with Crippen molar-refractivity contribution in [1.29, 1.82) is 0 Å². The van der Waals surface area contributed by atoms with Gasteiger partial charge in [0.15, 0.2) is 10.8 Å². The van der Waals surface area contributed by atoms with E-state index in [0.29, 0.717) is 18.4 Å². The number of ketones is 1. The van der Waals surface area contributed by atoms with E-state index in [-0.39, 0.29) is 30.3 Å². The molecule has 2 rings (SSSR count). The zero-order valence-electron chi connectivity index (χ0n) is 15.9. The molecule has 1 saturated heterocycles. The highest BCUT2D eigenvalue weighted by atomic mass is 32.2. The Morgan fingerprint density at radius 1 is 1.46 bits per heavy atom. The molecule has 1 aliphatic rings. The third-order valence-corrected chi connectivity index (χ3v) is 6.53. The Balaban J connectivity index is 2.02. The van der Waals surface area contributed by atoms with Crippen molar-refractivity contribution in [3.63, 3.8) is 0 Å². The van der Waals surface area contributed by atoms with Gasteiger partial charge in [0.25, 0.3) is 10.0 Å². The van der Waals surface area contributed by atoms with Crippen LogP contribution in [0.25, 0.3) is 0 Å². The summed E-state index contributed by atoms with van der Waals surface area (Å²) < 4.78 is 26.8. The predicted octanol–water partition coefficient (Wildman–Crippen LogP) is -0.0558. The second-order valence-electron chi connectivity index (χ2n) is 6.88. The van der Waals surface area contributed by atoms with Crippen LogP contribution >= 0.6 is 0 Å². The van der Waals surface area contributed by atoms with Crippen molar-refractivity contribution in [3.05, 3.63) is 30.3 Å². The van der Waals surface area contributed by atoms with Crippen LogP contribution in [-0.4, -0.2) is 54.4 Å². The molecule has 0 spiro atoms. The van der Waals surface area contributed by atoms with E-state index in [1.807, 2.05) is 0 Å². The molecule has 0 bridgehead atoms. The number of nitrogens with zero attached hydrogens (tertiary/aromatic N) is 2. The number of aryl methyl sites for hydroxylation is 1. The maximum Gasteiger partial charge on any atom is 0.261 e. The Hall–Kier alpha value is -2.33. The van der Waals surface area contributed by atoms with Gasteiger partial charge in [-0.05, 0) is 37.8 Å². The number of Topliss-reactive ketones (excluding diaryl/α,β-unsaturated/α-hetero) is 1. The molecule has 1 aliphatic heterocycles. The molecule has 9 nitrogen and oxygen atoms in total. The van der Waals surface area contributed by atoms with Gasteiger partial charge in [0, 0.05) is 18.7 Å². The van der Waals surface area contributed by atoms with Gasteiger partial charge in [0.1, 0.15) is 0 Å². The Kier molecular flexibility index (Phi) is 7.25. The molecule has 28 heavy (non-hydrogen) atoms. The van der Waals surface area contributed by atoms with Crippen molar-refractivity contribution in [2.75, 3.05) is 13.1 Å². The van der Waals surface area contributed by atoms with Crippen molar-refractivity contribution in [2.45, 2.75) is 44.2 Å². The summed E-state index contributed by atoms with van der Waals surface area (Å²) in [6.07, 6.45) is 3.59. The summed E-state index contributed by atoms with van der Waals surface area (Å²) in [6.45, 7) is 3.08. The lowest BCUT2D eigenvalue weighted by atomic mass is 10.0. The summed E-state index contributed by atoms with van der Waals surface area (Å²) in [5, 5.41) is 2.52. The van der Waals surface area contributed by atoms with Gasteiger partial charge in [0.2, 0.25) is 11.8 Å². The van der Waals surface area contributed by atoms with E-state index >= 15 is 0 Å². The second-order valence-corrected chi connectivity index (χ2v) is 8.73. The lowest BCUT2D eigenvalue weighted by Crippen LogP contribution is -2.44. The minimum atomic E-state index is -3.90. The Labute approximate surface area is 164 Å². The Morgan fingerprint density at radius 3 is 2.82 bits per heavy atom. The molecule has 1 aromatic rings. The molecule has 1 unspecified atom stereocenters. The minimum Gasteiger partial charge on any atom is -0.369 e. The van der Waals surface area contributed by atoms with Crippen LogP contribution in [0.1, 0.15) is 31.7 Å². The highest BCUT2D eigenvalue weighted by Gasteiger charge is 2.34. The predicted molar refractivity (Wildman–Crippen MR) is 101 cm³/mol. The quantitative estimate of drug-likeness (QED) is 0.647. The number of primary amides is 1. The summed E-state index contributed by atoms with van der Waals surface area (Å²) >= 11 is 0. The number of carbonyl (C=O) groups excluding carboxylic acids is 3. The lowest BCUT2D eigenvalue weighted by molar-refractivity contribution is -0.126. The van der Waals surface area contributed by atoms with E-state index in [4.69, 9.17) is 5.73 Å². The SMILES string of the molecule is Cc1cccnc1S(=O)(=O)N1CCC[C@H](NC(=O)[CH]CC(C)C(N)=O)C(=O)C1. The molecule has 2 atom stereocenters. The standard InChI is InChI=1S/C18H25N4O5S/c1-12(17(19)25)7-8-16(24)21-14-6-4-10-22(11-15(14)23)28(26,27)18-13(2)5-3-9-20-18/h3,5,8-9,12,14H,4,6-7,10-11H2,1-2H3,(H2,19,25)(H,21,24)/t12?,14-/m0/s1. The van der Waals surface area contributed by atoms with Crippen LogP contribution in [-0.2, 0) is 24.4 Å². The van der Waals surface area contributed by atoms with Gasteiger partial charge in [-0.15, -0.1) is 0 Å². The third-order valence-electron chi connectivity index (χ3n) is 4.63. The topological polar surface area (TPSA) is 140 Å². The molecule has 1 aromatic heterocycles. The number of nitrogens with two attached hydrogens (primary N) is 1. The van der Waals surface area contributed by atoms with Crippen molar-refractivity contribution in [3.8, 4) is 0 Å². The number of carbonyl (C=O) groups is 3. The monoisotopic (exact) mass is 409 g/mol. The molecule has 1 radical (unpaired) electrons. The highest BCUT2D eigenvalue weighted by Crippen LogP contribution is 2.20. The van der Waals surface area contributed by atoms with Crippen LogP contribution in [0.15, 0.2) is 23.4 Å². The first-order valence-electron chi connectivity index (χ1n) is 9.00. The first-order chi connectivity index (χ1) is 13.1. The van der Waals surface area contributed by atoms with Crippen LogP contribution in [0.2, 0.25) is 0 Å². The van der Waals surface area contributed by atoms with Crippen molar-refractivity contribution >= 4 is 27.6 Å². The summed E-state index contributed by atoms with van der Waals surface area (Å²) in [5.41, 5.74) is 5.65. The summed E-state index contributed by atoms with van der Waals surface area (Å²) in [6, 6.07) is 2.51. The van der Waals surface area contributed by atoms with Crippen LogP contribution < -0.4 is 11.1 Å². The van der Waals surface area contributed by atoms with E-state index in [2.05, 4.69) is 10.3 Å². The van der Waals surface area contributed by atoms with Gasteiger partial charge < -0.3 is 11.1 Å². The zero-order chi connectivity index (χ0) is 20.9. The molecular weight excluding hydrogens is 384 g/mol. The van der Waals surface area contributed by atoms with Crippen LogP contribution in [0, 0.1) is 19.3 Å². The van der Waals surface area contributed by atoms with Crippen molar-refractivity contribution < 1.29 is 22.8 Å². The van der Waals surface area contributed by atoms with Gasteiger partial charge in [-0.25, -0.2) is 13.4 Å². The normalized spacial score (nSPS) is 19.6. The number of hydrogen-bond acceptors (Lipinski definition) is 6. The molecule has 2 amide bonds. The molecule has 3 N–H and O–H groups in total. The van der Waals surface area contributed by atoms with Crippen molar-refractivity contribution in [2.24, 2.45) is 11.7 Å². The van der Waals surface area contributed by atoms with E-state index < -0.39 is 33.8 Å². The number of nitrogens with one attached hydrogen (secondary N) is 1. The summed E-state index contributed by atoms with van der Waals surface area (Å²) in [7, 11) is -3.90. The number of amides is 2. The van der Waals surface area contributed by atoms with Gasteiger partial charge in [-0.3, -0.25) is 14.4 Å². The maximum absolute atomic E-state index is 12.9. The second kappa shape index (κ2) is 9.24. The van der Waals surface area contributed by atoms with E-state index in [1.165, 1.54) is 12.6 Å². The average Bonchev–Trinajstić information content (AvgIpc) is 2.82. The van der Waals surface area contributed by atoms with Gasteiger partial charge in [0.05, 0.1) is 19.0 Å². The van der Waals surface area contributed by atoms with Crippen LogP contribution in [0.3, 0.4) is 0 Å². The molecule has 0 aromatic carbocycles. The van der Waals surface area contributed by atoms with Gasteiger partial charge in [-0.2, -0.15) is 4.31 Å². The molecule has 10 heteroatoms. The van der Waals surface area contributed by atoms with E-state index in [9.17, 15) is 22.8 Å². The fourth-order valence-electron chi connectivity index (χ4n) is 2.85. The highest BCUT2D eigenvalue weighted by molar-refractivity contribution is 7.89. The van der Waals surface area contributed by atoms with E-state index in [0.717, 1.165) is 4.31 Å². The van der Waals surface area contributed by atoms with Gasteiger partial charge in [-0.1, -0.05) is 13.0 Å². The van der Waals surface area contributed by atoms with E-state index in [1.54, 1.807) is 26.0 Å². The number of rotatable bonds is 7. The third kappa shape index (κ3) is 5.35. The zero-order valence-corrected chi connectivity index (χ0v) is 16.7. The number of sulfonamides is 1. The van der Waals surface area contributed by atoms with Gasteiger partial charge >= 0.3 is 0 Å². The Bertz CT molecular complexity index is 855. The molecule has 153 valence electrons. The molecule has 1 fully saturated rings. The Morgan fingerprint density at radius 2 is 2.18 bits per heavy atom. The largest absolute Gasteiger partial charge is 0.369 e. The number of pyridine rings is 1. The molecule has 0 saturated carbocycles. The molecule has 0 aliphatic carbocycles. The fraction of sp³-hybridized carbons (Fsp3) is 0.500. The smallest absolute Gasteiger partial charge is 0.261 e. The summed E-state index contributed by atoms with van der Waals surface area (Å²) in [5.74, 6) is -1.87. The first kappa shape index (κ1) is 22.0. The first-order valence-corrected chi connectivity index (χ1v) is 10.4. The molecular formula is C18H25N4O5S.